The topological polar surface area (TPSA) is 59.1 Å². The van der Waals surface area contributed by atoms with Crippen molar-refractivity contribution in [2.24, 2.45) is 0 Å². The molecule has 0 bridgehead atoms. The quantitative estimate of drug-likeness (QED) is 0.883. The molecule has 2 aromatic rings. The summed E-state index contributed by atoms with van der Waals surface area (Å²) < 4.78 is 40.0. The highest BCUT2D eigenvalue weighted by Crippen LogP contribution is 2.31. The Hall–Kier alpha value is -1.18. The average molecular weight is 380 g/mol. The molecule has 0 unspecified atom stereocenters. The number of rotatable bonds is 3. The number of aryl methyl sites for hydroxylation is 1. The van der Waals surface area contributed by atoms with Gasteiger partial charge < -0.3 is 0 Å². The van der Waals surface area contributed by atoms with Gasteiger partial charge in [0.15, 0.2) is 0 Å². The number of aromatic nitrogens is 1. The zero-order valence-corrected chi connectivity index (χ0v) is 13.4. The molecule has 1 N–H and O–H groups in total. The van der Waals surface area contributed by atoms with Crippen LogP contribution in [0, 0.1) is 12.7 Å². The number of anilines is 1. The molecular formula is C12H9BrClFN2O2S. The number of halogens is 3. The Balaban J connectivity index is 2.43. The van der Waals surface area contributed by atoms with Crippen molar-refractivity contribution in [1.82, 2.24) is 4.98 Å². The van der Waals surface area contributed by atoms with Gasteiger partial charge in [0, 0.05) is 10.7 Å². The molecule has 1 heterocycles. The normalized spacial score (nSPS) is 11.4. The summed E-state index contributed by atoms with van der Waals surface area (Å²) in [7, 11) is -3.96. The van der Waals surface area contributed by atoms with Gasteiger partial charge in [0.1, 0.15) is 16.5 Å². The summed E-state index contributed by atoms with van der Waals surface area (Å²) in [4.78, 5) is 3.71. The van der Waals surface area contributed by atoms with Crippen LogP contribution in [0.15, 0.2) is 39.8 Å². The van der Waals surface area contributed by atoms with Crippen LogP contribution in [0.5, 0.6) is 0 Å². The predicted octanol–water partition coefficient (Wildman–Crippen LogP) is 3.75. The molecule has 0 spiro atoms. The molecule has 1 aromatic carbocycles. The van der Waals surface area contributed by atoms with Crippen molar-refractivity contribution in [3.8, 4) is 0 Å². The molecule has 0 aliphatic heterocycles. The summed E-state index contributed by atoms with van der Waals surface area (Å²) in [5.74, 6) is -0.475. The summed E-state index contributed by atoms with van der Waals surface area (Å²) in [6, 6.07) is 5.21. The van der Waals surface area contributed by atoms with Gasteiger partial charge in [0.2, 0.25) is 0 Å². The van der Waals surface area contributed by atoms with Gasteiger partial charge in [0.05, 0.1) is 5.02 Å². The third-order valence-electron chi connectivity index (χ3n) is 2.38. The second-order valence-corrected chi connectivity index (χ2v) is 6.91. The second kappa shape index (κ2) is 5.67. The highest BCUT2D eigenvalue weighted by Gasteiger charge is 2.23. The number of nitrogens with one attached hydrogen (secondary N) is 1. The fraction of sp³-hybridized carbons (Fsp3) is 0.0833. The second-order valence-electron chi connectivity index (χ2n) is 4.02. The Morgan fingerprint density at radius 3 is 2.60 bits per heavy atom. The van der Waals surface area contributed by atoms with E-state index in [9.17, 15) is 12.8 Å². The lowest BCUT2D eigenvalue weighted by atomic mass is 10.3. The maximum Gasteiger partial charge on any atom is 0.265 e. The fourth-order valence-electron chi connectivity index (χ4n) is 1.50. The molecule has 1 aromatic heterocycles. The Morgan fingerprint density at radius 1 is 1.35 bits per heavy atom. The standard InChI is InChI=1S/C12H9BrClFN2O2S/c1-7-2-3-11(16-6-7)17-20(18,19)12-9(13)4-8(15)5-10(12)14/h2-6H,1H3,(H,16,17). The largest absolute Gasteiger partial charge is 0.265 e. The molecule has 2 rings (SSSR count). The van der Waals surface area contributed by atoms with Crippen LogP contribution in [-0.2, 0) is 10.0 Å². The van der Waals surface area contributed by atoms with Gasteiger partial charge in [-0.25, -0.2) is 17.8 Å². The number of nitrogens with zero attached hydrogens (tertiary/aromatic N) is 1. The van der Waals surface area contributed by atoms with Crippen LogP contribution < -0.4 is 4.72 Å². The highest BCUT2D eigenvalue weighted by atomic mass is 79.9. The van der Waals surface area contributed by atoms with Crippen molar-refractivity contribution in [2.45, 2.75) is 11.8 Å². The van der Waals surface area contributed by atoms with E-state index in [-0.39, 0.29) is 20.2 Å². The number of hydrogen-bond acceptors (Lipinski definition) is 3. The first-order valence-corrected chi connectivity index (χ1v) is 8.05. The molecule has 0 atom stereocenters. The van der Waals surface area contributed by atoms with Crippen LogP contribution in [0.2, 0.25) is 5.02 Å². The summed E-state index contributed by atoms with van der Waals surface area (Å²) in [5, 5.41) is -0.212. The van der Waals surface area contributed by atoms with Crippen molar-refractivity contribution in [3.63, 3.8) is 0 Å². The van der Waals surface area contributed by atoms with E-state index in [1.54, 1.807) is 6.07 Å². The lowest BCUT2D eigenvalue weighted by Crippen LogP contribution is -2.15. The lowest BCUT2D eigenvalue weighted by Gasteiger charge is -2.10. The minimum Gasteiger partial charge on any atom is -0.263 e. The summed E-state index contributed by atoms with van der Waals surface area (Å²) in [6.07, 6.45) is 1.53. The van der Waals surface area contributed by atoms with Crippen LogP contribution in [0.25, 0.3) is 0 Å². The fourth-order valence-corrected chi connectivity index (χ4v) is 4.33. The van der Waals surface area contributed by atoms with E-state index in [1.165, 1.54) is 12.3 Å². The third kappa shape index (κ3) is 3.28. The Morgan fingerprint density at radius 2 is 2.05 bits per heavy atom. The van der Waals surface area contributed by atoms with Crippen molar-refractivity contribution in [1.29, 1.82) is 0 Å². The molecule has 0 saturated heterocycles. The number of hydrogen-bond donors (Lipinski definition) is 1. The van der Waals surface area contributed by atoms with E-state index in [2.05, 4.69) is 25.6 Å². The van der Waals surface area contributed by atoms with Gasteiger partial charge in [0.25, 0.3) is 10.0 Å². The van der Waals surface area contributed by atoms with Crippen molar-refractivity contribution in [3.05, 3.63) is 51.3 Å². The Kier molecular flexibility index (Phi) is 4.31. The van der Waals surface area contributed by atoms with Gasteiger partial charge in [-0.3, -0.25) is 4.72 Å². The van der Waals surface area contributed by atoms with Gasteiger partial charge >= 0.3 is 0 Å². The first-order chi connectivity index (χ1) is 9.29. The molecular weight excluding hydrogens is 371 g/mol. The maximum atomic E-state index is 13.1. The smallest absolute Gasteiger partial charge is 0.263 e. The average Bonchev–Trinajstić information content (AvgIpc) is 2.30. The molecule has 4 nitrogen and oxygen atoms in total. The van der Waals surface area contributed by atoms with E-state index in [0.717, 1.165) is 17.7 Å². The van der Waals surface area contributed by atoms with E-state index >= 15 is 0 Å². The van der Waals surface area contributed by atoms with Crippen molar-refractivity contribution >= 4 is 43.4 Å². The lowest BCUT2D eigenvalue weighted by molar-refractivity contribution is 0.599. The predicted molar refractivity (Wildman–Crippen MR) is 78.9 cm³/mol. The number of benzene rings is 1. The monoisotopic (exact) mass is 378 g/mol. The molecule has 0 aliphatic carbocycles. The molecule has 8 heteroatoms. The van der Waals surface area contributed by atoms with Crippen LogP contribution in [-0.4, -0.2) is 13.4 Å². The van der Waals surface area contributed by atoms with Crippen LogP contribution in [0.4, 0.5) is 10.2 Å². The van der Waals surface area contributed by atoms with E-state index in [0.29, 0.717) is 0 Å². The van der Waals surface area contributed by atoms with Crippen LogP contribution >= 0.6 is 27.5 Å². The van der Waals surface area contributed by atoms with Crippen molar-refractivity contribution < 1.29 is 12.8 Å². The first-order valence-electron chi connectivity index (χ1n) is 5.39. The zero-order chi connectivity index (χ0) is 14.9. The number of sulfonamides is 1. The maximum absolute atomic E-state index is 13.1. The molecule has 0 radical (unpaired) electrons. The van der Waals surface area contributed by atoms with Gasteiger partial charge in [-0.15, -0.1) is 0 Å². The highest BCUT2D eigenvalue weighted by molar-refractivity contribution is 9.10. The van der Waals surface area contributed by atoms with E-state index in [1.807, 2.05) is 6.92 Å². The summed E-state index contributed by atoms with van der Waals surface area (Å²) in [5.41, 5.74) is 0.897. The summed E-state index contributed by atoms with van der Waals surface area (Å²) >= 11 is 8.80. The zero-order valence-electron chi connectivity index (χ0n) is 10.2. The first kappa shape index (κ1) is 15.2. The summed E-state index contributed by atoms with van der Waals surface area (Å²) in [6.45, 7) is 1.83. The van der Waals surface area contributed by atoms with Gasteiger partial charge in [-0.05, 0) is 46.6 Å². The van der Waals surface area contributed by atoms with Crippen LogP contribution in [0.1, 0.15) is 5.56 Å². The van der Waals surface area contributed by atoms with E-state index < -0.39 is 15.8 Å². The van der Waals surface area contributed by atoms with E-state index in [4.69, 9.17) is 11.6 Å². The van der Waals surface area contributed by atoms with Gasteiger partial charge in [-0.1, -0.05) is 17.7 Å². The molecule has 0 amide bonds. The minimum absolute atomic E-state index is 0.0436. The molecule has 0 saturated carbocycles. The SMILES string of the molecule is Cc1ccc(NS(=O)(=O)c2c(Cl)cc(F)cc2Br)nc1. The molecule has 0 fully saturated rings. The van der Waals surface area contributed by atoms with Crippen LogP contribution in [0.3, 0.4) is 0 Å². The third-order valence-corrected chi connectivity index (χ3v) is 5.14. The Labute approximate surface area is 129 Å². The molecule has 20 heavy (non-hydrogen) atoms. The number of pyridine rings is 1. The van der Waals surface area contributed by atoms with Crippen molar-refractivity contribution in [2.75, 3.05) is 4.72 Å². The van der Waals surface area contributed by atoms with Gasteiger partial charge in [-0.2, -0.15) is 0 Å². The molecule has 106 valence electrons. The molecule has 0 aliphatic rings. The Bertz CT molecular complexity index is 728. The minimum atomic E-state index is -3.96.